The van der Waals surface area contributed by atoms with E-state index in [0.717, 1.165) is 0 Å². The Morgan fingerprint density at radius 1 is 0.947 bits per heavy atom. The van der Waals surface area contributed by atoms with Gasteiger partial charge in [0.15, 0.2) is 0 Å². The number of carbonyl (C=O) groups is 4. The Morgan fingerprint density at radius 3 is 2.32 bits per heavy atom. The van der Waals surface area contributed by atoms with Crippen molar-refractivity contribution in [2.45, 2.75) is 43.0 Å². The number of carbonyl (C=O) groups excluding carboxylic acids is 4. The smallest absolute Gasteiger partial charge is 0.325 e. The molecule has 3 amide bonds. The summed E-state index contributed by atoms with van der Waals surface area (Å²) in [6.07, 6.45) is -0.0833. The summed E-state index contributed by atoms with van der Waals surface area (Å²) in [5, 5.41) is 0.928. The molecule has 1 unspecified atom stereocenters. The maximum atomic E-state index is 14.0. The normalized spacial score (nSPS) is 18.2. The van der Waals surface area contributed by atoms with Crippen molar-refractivity contribution in [1.29, 1.82) is 0 Å². The molecule has 2 aliphatic rings. The summed E-state index contributed by atoms with van der Waals surface area (Å²) >= 11 is 6.15. The molecule has 0 N–H and O–H groups in total. The number of halogens is 1. The van der Waals surface area contributed by atoms with Crippen LogP contribution < -0.4 is 4.90 Å². The van der Waals surface area contributed by atoms with E-state index in [4.69, 9.17) is 16.4 Å². The first-order valence-electron chi connectivity index (χ1n) is 11.9. The van der Waals surface area contributed by atoms with Crippen LogP contribution in [0.15, 0.2) is 76.5 Å². The molecule has 1 saturated heterocycles. The third kappa shape index (κ3) is 4.94. The molecule has 8 nitrogen and oxygen atoms in total. The number of benzene rings is 3. The van der Waals surface area contributed by atoms with Crippen LogP contribution in [0, 0.1) is 0 Å². The lowest BCUT2D eigenvalue weighted by atomic mass is 10.1. The van der Waals surface area contributed by atoms with Gasteiger partial charge in [0, 0.05) is 32.3 Å². The van der Waals surface area contributed by atoms with Crippen molar-refractivity contribution in [2.24, 2.45) is 0 Å². The Labute approximate surface area is 225 Å². The van der Waals surface area contributed by atoms with E-state index in [0.29, 0.717) is 15.6 Å². The van der Waals surface area contributed by atoms with Crippen LogP contribution in [0.25, 0.3) is 0 Å². The van der Waals surface area contributed by atoms with E-state index in [-0.39, 0.29) is 46.0 Å². The maximum Gasteiger partial charge on any atom is 0.363 e. The van der Waals surface area contributed by atoms with Crippen LogP contribution in [-0.2, 0) is 30.5 Å². The van der Waals surface area contributed by atoms with E-state index in [1.165, 1.54) is 23.1 Å². The first kappa shape index (κ1) is 27.1. The first-order chi connectivity index (χ1) is 18.2. The molecule has 38 heavy (non-hydrogen) atoms. The molecule has 2 aliphatic heterocycles. The number of imide groups is 1. The third-order valence-electron chi connectivity index (χ3n) is 5.97. The highest BCUT2D eigenvalue weighted by atomic mass is 35.5. The van der Waals surface area contributed by atoms with Crippen molar-refractivity contribution in [2.75, 3.05) is 4.90 Å². The maximum absolute atomic E-state index is 14.0. The summed E-state index contributed by atoms with van der Waals surface area (Å²) in [6, 6.07) is 17.7. The van der Waals surface area contributed by atoms with Gasteiger partial charge in [-0.3, -0.25) is 18.6 Å². The minimum Gasteiger partial charge on any atom is -0.325 e. The Kier molecular flexibility index (Phi) is 7.71. The van der Waals surface area contributed by atoms with Gasteiger partial charge in [0.05, 0.1) is 28.3 Å². The largest absolute Gasteiger partial charge is 0.363 e. The topological polar surface area (TPSA) is 101 Å². The standard InChI is InChI=1S/C26H19ClN2O6S.C2H6/c1-36(34)21-8-3-2-7-19(21)25(32)28(15-16-5-4-6-18(27)13-16)20-14-17(9-10-22(20)36)26(33)35-29-23(30)11-12-24(29)31;1-2/h2-10,13-14H,1,11-12,15H2;1-2H3. The molecule has 0 radical (unpaired) electrons. The highest BCUT2D eigenvalue weighted by Gasteiger charge is 2.35. The number of nitrogens with zero attached hydrogens (tertiary/aromatic N) is 2. The van der Waals surface area contributed by atoms with Gasteiger partial charge in [-0.15, -0.1) is 5.06 Å². The van der Waals surface area contributed by atoms with Gasteiger partial charge in [-0.05, 0) is 53.9 Å². The second-order valence-corrected chi connectivity index (χ2v) is 11.0. The average molecular weight is 553 g/mol. The molecule has 3 aromatic rings. The van der Waals surface area contributed by atoms with Gasteiger partial charge >= 0.3 is 5.97 Å². The molecule has 0 saturated carbocycles. The monoisotopic (exact) mass is 552 g/mol. The molecule has 0 bridgehead atoms. The molecular formula is C28H25ClN2O6S. The SMILES string of the molecule is C=S1(=O)c2ccccc2C(=O)N(Cc2cccc(Cl)c2)c2cc(C(=O)ON3C(=O)CCC3=O)ccc21.CC. The Balaban J connectivity index is 0.00000164. The quantitative estimate of drug-likeness (QED) is 0.338. The number of hydrogen-bond donors (Lipinski definition) is 0. The summed E-state index contributed by atoms with van der Waals surface area (Å²) in [7, 11) is -3.15. The Hall–Kier alpha value is -3.95. The zero-order valence-corrected chi connectivity index (χ0v) is 22.4. The highest BCUT2D eigenvalue weighted by molar-refractivity contribution is 8.00. The van der Waals surface area contributed by atoms with E-state index >= 15 is 0 Å². The van der Waals surface area contributed by atoms with Crippen LogP contribution in [0.2, 0.25) is 5.02 Å². The lowest BCUT2D eigenvalue weighted by Crippen LogP contribution is -2.32. The third-order valence-corrected chi connectivity index (χ3v) is 8.33. The van der Waals surface area contributed by atoms with Crippen LogP contribution in [0.3, 0.4) is 0 Å². The van der Waals surface area contributed by atoms with E-state index in [1.54, 1.807) is 48.5 Å². The van der Waals surface area contributed by atoms with Crippen molar-refractivity contribution in [3.05, 3.63) is 88.4 Å². The zero-order chi connectivity index (χ0) is 27.6. The van der Waals surface area contributed by atoms with Gasteiger partial charge in [0.1, 0.15) is 0 Å². The molecule has 2 heterocycles. The van der Waals surface area contributed by atoms with Crippen LogP contribution in [0.4, 0.5) is 5.69 Å². The fourth-order valence-corrected chi connectivity index (χ4v) is 6.26. The van der Waals surface area contributed by atoms with Gasteiger partial charge in [0.25, 0.3) is 17.7 Å². The second kappa shape index (κ2) is 10.8. The van der Waals surface area contributed by atoms with E-state index < -0.39 is 33.2 Å². The van der Waals surface area contributed by atoms with Gasteiger partial charge in [0.2, 0.25) is 0 Å². The summed E-state index contributed by atoms with van der Waals surface area (Å²) < 4.78 is 14.0. The van der Waals surface area contributed by atoms with Crippen LogP contribution in [0.1, 0.15) is 53.0 Å². The van der Waals surface area contributed by atoms with Gasteiger partial charge in [-0.2, -0.15) is 0 Å². The van der Waals surface area contributed by atoms with Gasteiger partial charge < -0.3 is 9.74 Å². The number of hydrogen-bond acceptors (Lipinski definition) is 6. The first-order valence-corrected chi connectivity index (χ1v) is 14.0. The van der Waals surface area contributed by atoms with Crippen LogP contribution >= 0.6 is 11.6 Å². The molecule has 1 fully saturated rings. The van der Waals surface area contributed by atoms with Gasteiger partial charge in [-0.1, -0.05) is 49.7 Å². The molecule has 196 valence electrons. The molecule has 0 spiro atoms. The zero-order valence-electron chi connectivity index (χ0n) is 20.8. The van der Waals surface area contributed by atoms with Crippen molar-refractivity contribution in [1.82, 2.24) is 5.06 Å². The minimum atomic E-state index is -3.15. The molecule has 0 aromatic heterocycles. The predicted molar refractivity (Wildman–Crippen MR) is 144 cm³/mol. The molecular weight excluding hydrogens is 528 g/mol. The minimum absolute atomic E-state index is 0.0358. The van der Waals surface area contributed by atoms with Gasteiger partial charge in [-0.25, -0.2) is 4.79 Å². The van der Waals surface area contributed by atoms with Crippen LogP contribution in [0.5, 0.6) is 0 Å². The van der Waals surface area contributed by atoms with Crippen molar-refractivity contribution >= 4 is 56.4 Å². The second-order valence-electron chi connectivity index (χ2n) is 8.34. The summed E-state index contributed by atoms with van der Waals surface area (Å²) in [4.78, 5) is 57.4. The number of rotatable bonds is 4. The molecule has 10 heteroatoms. The number of amides is 3. The molecule has 0 aliphatic carbocycles. The van der Waals surface area contributed by atoms with E-state index in [2.05, 4.69) is 5.87 Å². The fraction of sp³-hybridized carbons (Fsp3) is 0.179. The van der Waals surface area contributed by atoms with Crippen molar-refractivity contribution in [3.63, 3.8) is 0 Å². The highest BCUT2D eigenvalue weighted by Crippen LogP contribution is 2.38. The number of fused-ring (bicyclic) bond motifs is 2. The molecule has 3 aromatic carbocycles. The lowest BCUT2D eigenvalue weighted by Gasteiger charge is -2.24. The predicted octanol–water partition coefficient (Wildman–Crippen LogP) is 4.88. The van der Waals surface area contributed by atoms with E-state index in [9.17, 15) is 23.4 Å². The van der Waals surface area contributed by atoms with E-state index in [1.807, 2.05) is 13.8 Å². The van der Waals surface area contributed by atoms with Crippen molar-refractivity contribution < 1.29 is 28.2 Å². The summed E-state index contributed by atoms with van der Waals surface area (Å²) in [5.41, 5.74) is 1.10. The molecule has 1 atom stereocenters. The average Bonchev–Trinajstić information content (AvgIpc) is 3.21. The van der Waals surface area contributed by atoms with Crippen molar-refractivity contribution in [3.8, 4) is 0 Å². The van der Waals surface area contributed by atoms with Crippen LogP contribution in [-0.4, -0.2) is 38.8 Å². The Bertz CT molecular complexity index is 1550. The lowest BCUT2D eigenvalue weighted by molar-refractivity contribution is -0.172. The summed E-state index contributed by atoms with van der Waals surface area (Å²) in [6.45, 7) is 4.07. The number of anilines is 1. The Morgan fingerprint density at radius 2 is 1.63 bits per heavy atom. The molecule has 5 rings (SSSR count). The fourth-order valence-electron chi connectivity index (χ4n) is 4.21. The summed E-state index contributed by atoms with van der Waals surface area (Å²) in [5.74, 6) is 1.33. The number of hydroxylamine groups is 2.